The molecule has 0 radical (unpaired) electrons. The van der Waals surface area contributed by atoms with Crippen molar-refractivity contribution >= 4 is 46.8 Å². The van der Waals surface area contributed by atoms with E-state index in [1.807, 2.05) is 49.1 Å². The van der Waals surface area contributed by atoms with E-state index in [2.05, 4.69) is 33.8 Å². The summed E-state index contributed by atoms with van der Waals surface area (Å²) in [6, 6.07) is 16.2. The number of rotatable bonds is 8. The van der Waals surface area contributed by atoms with Crippen LogP contribution in [0.1, 0.15) is 49.6 Å². The van der Waals surface area contributed by atoms with E-state index >= 15 is 0 Å². The van der Waals surface area contributed by atoms with E-state index in [1.54, 1.807) is 7.05 Å². The van der Waals surface area contributed by atoms with E-state index in [-0.39, 0.29) is 35.9 Å². The molecule has 1 amide bonds. The lowest BCUT2D eigenvalue weighted by molar-refractivity contribution is -0.128. The van der Waals surface area contributed by atoms with Gasteiger partial charge in [0.05, 0.1) is 12.6 Å². The first kappa shape index (κ1) is 25.9. The minimum Gasteiger partial charge on any atom is -0.490 e. The molecule has 1 atom stereocenters. The number of likely N-dealkylation sites (tertiary alicyclic amines) is 1. The van der Waals surface area contributed by atoms with Crippen molar-refractivity contribution in [1.29, 1.82) is 0 Å². The molecule has 2 heterocycles. The fourth-order valence-electron chi connectivity index (χ4n) is 4.12. The lowest BCUT2D eigenvalue weighted by atomic mass is 10.1. The van der Waals surface area contributed by atoms with Gasteiger partial charge in [-0.2, -0.15) is 0 Å². The van der Waals surface area contributed by atoms with Crippen LogP contribution < -0.4 is 15.4 Å². The van der Waals surface area contributed by atoms with Crippen LogP contribution >= 0.6 is 24.0 Å². The maximum Gasteiger partial charge on any atom is 0.222 e. The first-order valence-electron chi connectivity index (χ1n) is 11.6. The smallest absolute Gasteiger partial charge is 0.222 e. The Kier molecular flexibility index (Phi) is 9.20. The zero-order valence-corrected chi connectivity index (χ0v) is 22.3. The molecule has 7 nitrogen and oxygen atoms in total. The maximum absolute atomic E-state index is 11.9. The molecule has 4 rings (SSSR count). The van der Waals surface area contributed by atoms with E-state index in [4.69, 9.17) is 9.15 Å². The predicted molar refractivity (Wildman–Crippen MR) is 146 cm³/mol. The van der Waals surface area contributed by atoms with E-state index in [0.29, 0.717) is 32.1 Å². The molecule has 2 aromatic carbocycles. The second-order valence-electron chi connectivity index (χ2n) is 8.29. The molecular weight excluding hydrogens is 543 g/mol. The third kappa shape index (κ3) is 6.22. The minimum atomic E-state index is -0.0782. The van der Waals surface area contributed by atoms with Gasteiger partial charge in [0.25, 0.3) is 0 Å². The summed E-state index contributed by atoms with van der Waals surface area (Å²) in [5.74, 6) is 2.51. The van der Waals surface area contributed by atoms with Crippen molar-refractivity contribution in [3.05, 3.63) is 65.4 Å². The van der Waals surface area contributed by atoms with E-state index in [0.717, 1.165) is 46.6 Å². The maximum atomic E-state index is 11.9. The van der Waals surface area contributed by atoms with Gasteiger partial charge in [0, 0.05) is 38.5 Å². The summed E-state index contributed by atoms with van der Waals surface area (Å²) >= 11 is 0. The average molecular weight is 576 g/mol. The lowest BCUT2D eigenvalue weighted by Crippen LogP contribution is -2.38. The number of nitrogens with one attached hydrogen (secondary N) is 2. The second kappa shape index (κ2) is 12.1. The van der Waals surface area contributed by atoms with Crippen LogP contribution in [0.25, 0.3) is 11.0 Å². The van der Waals surface area contributed by atoms with E-state index in [1.165, 1.54) is 0 Å². The van der Waals surface area contributed by atoms with Crippen LogP contribution in [0.4, 0.5) is 0 Å². The Balaban J connectivity index is 0.00000324. The van der Waals surface area contributed by atoms with Crippen LogP contribution in [-0.4, -0.2) is 37.0 Å². The van der Waals surface area contributed by atoms with Crippen molar-refractivity contribution in [2.24, 2.45) is 4.99 Å². The third-order valence-corrected chi connectivity index (χ3v) is 5.83. The highest BCUT2D eigenvalue weighted by Gasteiger charge is 2.20. The summed E-state index contributed by atoms with van der Waals surface area (Å²) < 4.78 is 11.8. The van der Waals surface area contributed by atoms with Crippen LogP contribution in [0.15, 0.2) is 57.9 Å². The highest BCUT2D eigenvalue weighted by atomic mass is 127. The van der Waals surface area contributed by atoms with Gasteiger partial charge in [-0.1, -0.05) is 36.4 Å². The fourth-order valence-corrected chi connectivity index (χ4v) is 4.12. The van der Waals surface area contributed by atoms with Crippen molar-refractivity contribution in [3.8, 4) is 5.75 Å². The van der Waals surface area contributed by atoms with Crippen molar-refractivity contribution < 1.29 is 13.9 Å². The Hall–Kier alpha value is -2.75. The van der Waals surface area contributed by atoms with Gasteiger partial charge in [-0.15, -0.1) is 24.0 Å². The molecule has 0 aliphatic carbocycles. The number of carbonyl (C=O) groups excluding carboxylic acids is 1. The van der Waals surface area contributed by atoms with E-state index < -0.39 is 0 Å². The molecule has 1 aliphatic heterocycles. The number of carbonyl (C=O) groups is 1. The Morgan fingerprint density at radius 1 is 1.21 bits per heavy atom. The number of para-hydroxylation sites is 1. The monoisotopic (exact) mass is 576 g/mol. The summed E-state index contributed by atoms with van der Waals surface area (Å²) in [4.78, 5) is 18.2. The summed E-state index contributed by atoms with van der Waals surface area (Å²) in [5, 5.41) is 7.78. The summed E-state index contributed by atoms with van der Waals surface area (Å²) in [5.41, 5.74) is 3.05. The first-order valence-corrected chi connectivity index (χ1v) is 11.6. The van der Waals surface area contributed by atoms with Crippen molar-refractivity contribution in [1.82, 2.24) is 15.5 Å². The first-order chi connectivity index (χ1) is 16.1. The number of halogens is 1. The molecule has 1 fully saturated rings. The average Bonchev–Trinajstić information content (AvgIpc) is 3.44. The van der Waals surface area contributed by atoms with Gasteiger partial charge >= 0.3 is 0 Å². The molecule has 182 valence electrons. The van der Waals surface area contributed by atoms with Crippen LogP contribution in [0.5, 0.6) is 5.75 Å². The summed E-state index contributed by atoms with van der Waals surface area (Å²) in [6.07, 6.45) is 1.62. The second-order valence-corrected chi connectivity index (χ2v) is 8.29. The van der Waals surface area contributed by atoms with Crippen LogP contribution in [-0.2, 0) is 17.9 Å². The molecule has 1 aliphatic rings. The van der Waals surface area contributed by atoms with Crippen LogP contribution in [0.2, 0.25) is 0 Å². The Labute approximate surface area is 218 Å². The van der Waals surface area contributed by atoms with Gasteiger partial charge in [-0.3, -0.25) is 9.79 Å². The summed E-state index contributed by atoms with van der Waals surface area (Å²) in [6.45, 7) is 6.75. The number of furan rings is 1. The molecule has 1 saturated heterocycles. The van der Waals surface area contributed by atoms with Crippen LogP contribution in [0, 0.1) is 0 Å². The number of nitrogens with zero attached hydrogens (tertiary/aromatic N) is 2. The topological polar surface area (TPSA) is 79.1 Å². The normalized spacial score (nSPS) is 14.7. The largest absolute Gasteiger partial charge is 0.490 e. The molecule has 34 heavy (non-hydrogen) atoms. The fraction of sp³-hybridized carbons (Fsp3) is 0.385. The zero-order chi connectivity index (χ0) is 23.2. The van der Waals surface area contributed by atoms with Gasteiger partial charge in [0.2, 0.25) is 5.91 Å². The summed E-state index contributed by atoms with van der Waals surface area (Å²) in [7, 11) is 1.75. The van der Waals surface area contributed by atoms with Crippen LogP contribution in [0.3, 0.4) is 0 Å². The number of hydrogen-bond acceptors (Lipinski definition) is 4. The number of hydrogen-bond donors (Lipinski definition) is 2. The number of aliphatic imine (C=N–C) groups is 1. The quantitative estimate of drug-likeness (QED) is 0.224. The highest BCUT2D eigenvalue weighted by Crippen LogP contribution is 2.31. The van der Waals surface area contributed by atoms with Gasteiger partial charge in [0.1, 0.15) is 5.76 Å². The third-order valence-electron chi connectivity index (χ3n) is 5.83. The molecule has 3 aromatic rings. The molecule has 1 aromatic heterocycles. The van der Waals surface area contributed by atoms with Gasteiger partial charge in [-0.05, 0) is 43.5 Å². The van der Waals surface area contributed by atoms with Gasteiger partial charge in [-0.25, -0.2) is 0 Å². The minimum absolute atomic E-state index is 0. The van der Waals surface area contributed by atoms with Gasteiger partial charge in [0.15, 0.2) is 17.3 Å². The van der Waals surface area contributed by atoms with Gasteiger partial charge < -0.3 is 24.7 Å². The predicted octanol–water partition coefficient (Wildman–Crippen LogP) is 5.00. The number of ether oxygens (including phenoxy) is 1. The Morgan fingerprint density at radius 3 is 2.74 bits per heavy atom. The molecule has 1 unspecified atom stereocenters. The van der Waals surface area contributed by atoms with Crippen molar-refractivity contribution in [2.45, 2.75) is 45.8 Å². The Morgan fingerprint density at radius 2 is 2.00 bits per heavy atom. The van der Waals surface area contributed by atoms with Crippen molar-refractivity contribution in [3.63, 3.8) is 0 Å². The molecule has 2 N–H and O–H groups in total. The van der Waals surface area contributed by atoms with E-state index in [9.17, 15) is 4.79 Å². The van der Waals surface area contributed by atoms with Crippen molar-refractivity contribution in [2.75, 3.05) is 20.2 Å². The number of benzene rings is 2. The lowest BCUT2D eigenvalue weighted by Gasteiger charge is -2.18. The highest BCUT2D eigenvalue weighted by molar-refractivity contribution is 14.0. The zero-order valence-electron chi connectivity index (χ0n) is 20.0. The molecule has 8 heteroatoms. The SMILES string of the molecule is CCOc1cccc2cc(C(C)NC(=NC)NCc3cccc(CN4CCCC4=O)c3)oc12.I. The number of guanidine groups is 1. The standard InChI is InChI=1S/C26H32N4O3.HI/c1-4-32-22-11-6-10-21-15-23(33-25(21)22)18(2)29-26(27-3)28-16-19-8-5-9-20(14-19)17-30-13-7-12-24(30)31;/h5-6,8-11,14-15,18H,4,7,12-13,16-17H2,1-3H3,(H2,27,28,29);1H. The molecule has 0 saturated carbocycles. The molecule has 0 spiro atoms. The molecule has 0 bridgehead atoms. The number of amides is 1. The Bertz CT molecular complexity index is 1140. The molecular formula is C26H33IN4O3. The number of fused-ring (bicyclic) bond motifs is 1.